The lowest BCUT2D eigenvalue weighted by atomic mass is 10.0. The molecule has 1 aliphatic heterocycles. The summed E-state index contributed by atoms with van der Waals surface area (Å²) in [5, 5.41) is 0. The van der Waals surface area contributed by atoms with E-state index in [4.69, 9.17) is 4.74 Å². The zero-order valence-electron chi connectivity index (χ0n) is 14.2. The van der Waals surface area contributed by atoms with Crippen LogP contribution < -0.4 is 4.74 Å². The first-order chi connectivity index (χ1) is 10.5. The predicted octanol–water partition coefficient (Wildman–Crippen LogP) is 2.74. The van der Waals surface area contributed by atoms with E-state index >= 15 is 0 Å². The third kappa shape index (κ3) is 4.23. The Morgan fingerprint density at radius 2 is 1.68 bits per heavy atom. The van der Waals surface area contributed by atoms with Crippen LogP contribution in [-0.4, -0.2) is 54.5 Å². The van der Waals surface area contributed by atoms with Crippen LogP contribution in [0.2, 0.25) is 0 Å². The highest BCUT2D eigenvalue weighted by atomic mass is 16.5. The van der Waals surface area contributed by atoms with Gasteiger partial charge in [-0.25, -0.2) is 0 Å². The van der Waals surface area contributed by atoms with Gasteiger partial charge in [-0.15, -0.1) is 0 Å². The van der Waals surface area contributed by atoms with Crippen molar-refractivity contribution in [3.8, 4) is 5.75 Å². The molecule has 22 heavy (non-hydrogen) atoms. The topological polar surface area (TPSA) is 32.8 Å². The van der Waals surface area contributed by atoms with Gasteiger partial charge in [0.1, 0.15) is 5.75 Å². The molecule has 1 fully saturated rings. The molecule has 1 saturated heterocycles. The minimum absolute atomic E-state index is 0.0867. The lowest BCUT2D eigenvalue weighted by Gasteiger charge is -2.35. The average molecular weight is 304 g/mol. The normalized spacial score (nSPS) is 17.6. The first-order valence-corrected chi connectivity index (χ1v) is 8.29. The number of likely N-dealkylation sites (N-methyl/N-ethyl adjacent to an activating group) is 1. The Kier molecular flexibility index (Phi) is 5.83. The second-order valence-corrected chi connectivity index (χ2v) is 6.24. The summed E-state index contributed by atoms with van der Waals surface area (Å²) < 4.78 is 5.81. The summed E-state index contributed by atoms with van der Waals surface area (Å²) in [4.78, 5) is 16.7. The summed E-state index contributed by atoms with van der Waals surface area (Å²) in [6, 6.07) is 8.04. The van der Waals surface area contributed by atoms with E-state index in [2.05, 4.69) is 37.8 Å². The van der Waals surface area contributed by atoms with E-state index < -0.39 is 6.10 Å². The third-order valence-corrected chi connectivity index (χ3v) is 4.34. The fourth-order valence-corrected chi connectivity index (χ4v) is 2.73. The van der Waals surface area contributed by atoms with Gasteiger partial charge in [-0.2, -0.15) is 0 Å². The van der Waals surface area contributed by atoms with Crippen molar-refractivity contribution in [2.24, 2.45) is 0 Å². The Morgan fingerprint density at radius 3 is 2.18 bits per heavy atom. The van der Waals surface area contributed by atoms with Crippen LogP contribution in [0, 0.1) is 0 Å². The van der Waals surface area contributed by atoms with Crippen molar-refractivity contribution >= 4 is 5.91 Å². The molecular formula is C18H28N2O2. The lowest BCUT2D eigenvalue weighted by molar-refractivity contribution is -0.139. The van der Waals surface area contributed by atoms with E-state index in [-0.39, 0.29) is 5.91 Å². The Labute approximate surface area is 134 Å². The molecule has 0 bridgehead atoms. The second kappa shape index (κ2) is 7.63. The van der Waals surface area contributed by atoms with E-state index in [1.165, 1.54) is 5.56 Å². The standard InChI is InChI=1S/C18H28N2O2/c1-5-19-10-12-20(13-11-19)18(21)15(4)22-17-8-6-16(7-9-17)14(2)3/h6-9,14-15H,5,10-13H2,1-4H3/t15-/m0/s1. The molecule has 0 aliphatic carbocycles. The molecule has 0 unspecified atom stereocenters. The molecule has 1 heterocycles. The van der Waals surface area contributed by atoms with Gasteiger partial charge in [0.05, 0.1) is 0 Å². The van der Waals surface area contributed by atoms with Gasteiger partial charge >= 0.3 is 0 Å². The molecular weight excluding hydrogens is 276 g/mol. The highest BCUT2D eigenvalue weighted by Crippen LogP contribution is 2.20. The fourth-order valence-electron chi connectivity index (χ4n) is 2.73. The highest BCUT2D eigenvalue weighted by molar-refractivity contribution is 5.81. The van der Waals surface area contributed by atoms with Crippen LogP contribution in [-0.2, 0) is 4.79 Å². The molecule has 122 valence electrons. The largest absolute Gasteiger partial charge is 0.481 e. The predicted molar refractivity (Wildman–Crippen MR) is 89.3 cm³/mol. The number of hydrogen-bond donors (Lipinski definition) is 0. The van der Waals surface area contributed by atoms with Crippen LogP contribution >= 0.6 is 0 Å². The van der Waals surface area contributed by atoms with E-state index in [0.717, 1.165) is 38.5 Å². The molecule has 1 amide bonds. The SMILES string of the molecule is CCN1CCN(C(=O)[C@H](C)Oc2ccc(C(C)C)cc2)CC1. The van der Waals surface area contributed by atoms with Gasteiger partial charge in [-0.05, 0) is 37.1 Å². The minimum atomic E-state index is -0.432. The van der Waals surface area contributed by atoms with Crippen molar-refractivity contribution in [1.82, 2.24) is 9.80 Å². The molecule has 4 nitrogen and oxygen atoms in total. The van der Waals surface area contributed by atoms with Crippen LogP contribution in [0.3, 0.4) is 0 Å². The third-order valence-electron chi connectivity index (χ3n) is 4.34. The highest BCUT2D eigenvalue weighted by Gasteiger charge is 2.25. The maximum absolute atomic E-state index is 12.5. The molecule has 1 aliphatic rings. The number of ether oxygens (including phenoxy) is 1. The molecule has 1 atom stereocenters. The zero-order valence-corrected chi connectivity index (χ0v) is 14.2. The van der Waals surface area contributed by atoms with E-state index in [1.54, 1.807) is 0 Å². The number of nitrogens with zero attached hydrogens (tertiary/aromatic N) is 2. The van der Waals surface area contributed by atoms with E-state index in [9.17, 15) is 4.79 Å². The van der Waals surface area contributed by atoms with Crippen molar-refractivity contribution in [2.75, 3.05) is 32.7 Å². The summed E-state index contributed by atoms with van der Waals surface area (Å²) in [6.45, 7) is 12.9. The lowest BCUT2D eigenvalue weighted by Crippen LogP contribution is -2.51. The molecule has 0 spiro atoms. The minimum Gasteiger partial charge on any atom is -0.481 e. The maximum Gasteiger partial charge on any atom is 0.263 e. The summed E-state index contributed by atoms with van der Waals surface area (Å²) in [6.07, 6.45) is -0.432. The first kappa shape index (κ1) is 16.8. The maximum atomic E-state index is 12.5. The summed E-state index contributed by atoms with van der Waals surface area (Å²) in [5.74, 6) is 1.35. The number of benzene rings is 1. The molecule has 2 rings (SSSR count). The average Bonchev–Trinajstić information content (AvgIpc) is 2.54. The number of carbonyl (C=O) groups excluding carboxylic acids is 1. The Balaban J connectivity index is 1.88. The molecule has 0 aromatic heterocycles. The van der Waals surface area contributed by atoms with Gasteiger partial charge < -0.3 is 14.5 Å². The number of amides is 1. The van der Waals surface area contributed by atoms with Crippen molar-refractivity contribution in [2.45, 2.75) is 39.7 Å². The van der Waals surface area contributed by atoms with Crippen molar-refractivity contribution in [3.05, 3.63) is 29.8 Å². The molecule has 4 heteroatoms. The monoisotopic (exact) mass is 304 g/mol. The van der Waals surface area contributed by atoms with E-state index in [0.29, 0.717) is 5.92 Å². The molecule has 0 radical (unpaired) electrons. The van der Waals surface area contributed by atoms with Crippen molar-refractivity contribution < 1.29 is 9.53 Å². The van der Waals surface area contributed by atoms with Gasteiger partial charge in [-0.3, -0.25) is 4.79 Å². The van der Waals surface area contributed by atoms with E-state index in [1.807, 2.05) is 24.0 Å². The Morgan fingerprint density at radius 1 is 1.09 bits per heavy atom. The Hall–Kier alpha value is -1.55. The number of rotatable bonds is 5. The first-order valence-electron chi connectivity index (χ1n) is 8.29. The fraction of sp³-hybridized carbons (Fsp3) is 0.611. The quantitative estimate of drug-likeness (QED) is 0.838. The van der Waals surface area contributed by atoms with Crippen LogP contribution in [0.15, 0.2) is 24.3 Å². The second-order valence-electron chi connectivity index (χ2n) is 6.24. The van der Waals surface area contributed by atoms with Crippen LogP contribution in [0.5, 0.6) is 5.75 Å². The smallest absolute Gasteiger partial charge is 0.263 e. The summed E-state index contributed by atoms with van der Waals surface area (Å²) >= 11 is 0. The van der Waals surface area contributed by atoms with Crippen LogP contribution in [0.1, 0.15) is 39.2 Å². The molecule has 1 aromatic rings. The van der Waals surface area contributed by atoms with Gasteiger partial charge in [0.2, 0.25) is 0 Å². The van der Waals surface area contributed by atoms with Crippen LogP contribution in [0.25, 0.3) is 0 Å². The zero-order chi connectivity index (χ0) is 16.1. The molecule has 0 saturated carbocycles. The van der Waals surface area contributed by atoms with Gasteiger partial charge in [0.25, 0.3) is 5.91 Å². The van der Waals surface area contributed by atoms with Crippen molar-refractivity contribution in [3.63, 3.8) is 0 Å². The Bertz CT molecular complexity index is 476. The van der Waals surface area contributed by atoms with Crippen LogP contribution in [0.4, 0.5) is 0 Å². The van der Waals surface area contributed by atoms with Crippen molar-refractivity contribution in [1.29, 1.82) is 0 Å². The number of piperazine rings is 1. The number of hydrogen-bond acceptors (Lipinski definition) is 3. The van der Waals surface area contributed by atoms with Gasteiger partial charge in [0.15, 0.2) is 6.10 Å². The van der Waals surface area contributed by atoms with Gasteiger partial charge in [-0.1, -0.05) is 32.9 Å². The van der Waals surface area contributed by atoms with Gasteiger partial charge in [0, 0.05) is 26.2 Å². The number of carbonyl (C=O) groups is 1. The molecule has 0 N–H and O–H groups in total. The molecule has 1 aromatic carbocycles. The summed E-state index contributed by atoms with van der Waals surface area (Å²) in [7, 11) is 0. The summed E-state index contributed by atoms with van der Waals surface area (Å²) in [5.41, 5.74) is 1.28.